The van der Waals surface area contributed by atoms with Crippen LogP contribution >= 0.6 is 0 Å². The van der Waals surface area contributed by atoms with Crippen LogP contribution in [0.15, 0.2) is 28.9 Å². The molecule has 0 atom stereocenters. The van der Waals surface area contributed by atoms with Gasteiger partial charge in [0.1, 0.15) is 12.2 Å². The monoisotopic (exact) mass is 295 g/mol. The van der Waals surface area contributed by atoms with E-state index in [1.54, 1.807) is 11.6 Å². The lowest BCUT2D eigenvalue weighted by Gasteiger charge is -2.18. The number of benzene rings is 1. The second kappa shape index (κ2) is 5.36. The van der Waals surface area contributed by atoms with E-state index < -0.39 is 0 Å². The largest absolute Gasteiger partial charge is 0.337 e. The smallest absolute Gasteiger partial charge is 0.248 e. The first kappa shape index (κ1) is 13.2. The molecule has 1 aliphatic rings. The molecular formula is C16H17N5O. The fourth-order valence-electron chi connectivity index (χ4n) is 3.06. The molecule has 0 amide bonds. The van der Waals surface area contributed by atoms with Crippen LogP contribution in [-0.4, -0.2) is 25.1 Å². The van der Waals surface area contributed by atoms with E-state index in [0.29, 0.717) is 18.3 Å². The Balaban J connectivity index is 1.64. The first-order valence-corrected chi connectivity index (χ1v) is 7.60. The van der Waals surface area contributed by atoms with E-state index in [9.17, 15) is 0 Å². The molecule has 0 saturated heterocycles. The van der Waals surface area contributed by atoms with E-state index in [4.69, 9.17) is 4.52 Å². The van der Waals surface area contributed by atoms with Crippen molar-refractivity contribution in [2.24, 2.45) is 0 Å². The highest BCUT2D eigenvalue weighted by atomic mass is 16.5. The predicted octanol–water partition coefficient (Wildman–Crippen LogP) is 2.56. The van der Waals surface area contributed by atoms with Gasteiger partial charge in [0, 0.05) is 5.56 Å². The zero-order valence-corrected chi connectivity index (χ0v) is 12.5. The highest BCUT2D eigenvalue weighted by molar-refractivity contribution is 5.65. The van der Waals surface area contributed by atoms with Gasteiger partial charge in [-0.15, -0.1) is 5.10 Å². The molecule has 0 N–H and O–H groups in total. The van der Waals surface area contributed by atoms with Gasteiger partial charge in [-0.2, -0.15) is 4.98 Å². The molecule has 1 aliphatic carbocycles. The van der Waals surface area contributed by atoms with Gasteiger partial charge in [-0.05, 0) is 43.7 Å². The van der Waals surface area contributed by atoms with Gasteiger partial charge in [0.2, 0.25) is 5.89 Å². The third-order valence-corrected chi connectivity index (χ3v) is 4.08. The summed E-state index contributed by atoms with van der Waals surface area (Å²) in [5.41, 5.74) is 4.99. The maximum atomic E-state index is 5.12. The highest BCUT2D eigenvalue weighted by Crippen LogP contribution is 2.30. The van der Waals surface area contributed by atoms with Gasteiger partial charge in [0.15, 0.2) is 5.82 Å². The quantitative estimate of drug-likeness (QED) is 0.742. The minimum Gasteiger partial charge on any atom is -0.337 e. The Labute approximate surface area is 128 Å². The van der Waals surface area contributed by atoms with Crippen molar-refractivity contribution in [3.63, 3.8) is 0 Å². The zero-order valence-electron chi connectivity index (χ0n) is 12.5. The molecule has 0 saturated carbocycles. The van der Waals surface area contributed by atoms with Gasteiger partial charge in [-0.25, -0.2) is 4.68 Å². The van der Waals surface area contributed by atoms with Crippen molar-refractivity contribution in [2.75, 3.05) is 0 Å². The minimum absolute atomic E-state index is 0.447. The average molecular weight is 295 g/mol. The number of fused-ring (bicyclic) bond motifs is 1. The molecule has 0 radical (unpaired) electrons. The van der Waals surface area contributed by atoms with Crippen LogP contribution in [0.1, 0.15) is 35.7 Å². The third-order valence-electron chi connectivity index (χ3n) is 4.08. The summed E-state index contributed by atoms with van der Waals surface area (Å²) < 4.78 is 6.86. The van der Waals surface area contributed by atoms with Crippen molar-refractivity contribution < 1.29 is 4.52 Å². The molecule has 0 fully saturated rings. The van der Waals surface area contributed by atoms with E-state index in [2.05, 4.69) is 38.7 Å². The fraction of sp³-hybridized carbons (Fsp3) is 0.375. The second-order valence-electron chi connectivity index (χ2n) is 5.69. The molecule has 0 aliphatic heterocycles. The molecule has 22 heavy (non-hydrogen) atoms. The third kappa shape index (κ3) is 2.41. The molecule has 0 bridgehead atoms. The van der Waals surface area contributed by atoms with Crippen LogP contribution in [0, 0.1) is 6.92 Å². The lowest BCUT2D eigenvalue weighted by atomic mass is 9.87. The molecule has 4 rings (SSSR count). The predicted molar refractivity (Wildman–Crippen MR) is 80.2 cm³/mol. The number of aryl methyl sites for hydroxylation is 2. The molecule has 0 unspecified atom stereocenters. The Kier molecular flexibility index (Phi) is 3.21. The number of hydrogen-bond donors (Lipinski definition) is 0. The average Bonchev–Trinajstić information content (AvgIpc) is 3.16. The fourth-order valence-corrected chi connectivity index (χ4v) is 3.06. The van der Waals surface area contributed by atoms with Gasteiger partial charge in [0.25, 0.3) is 0 Å². The maximum Gasteiger partial charge on any atom is 0.248 e. The van der Waals surface area contributed by atoms with Crippen molar-refractivity contribution in [1.82, 2.24) is 25.1 Å². The summed E-state index contributed by atoms with van der Waals surface area (Å²) in [6, 6.07) is 6.47. The van der Waals surface area contributed by atoms with Gasteiger partial charge in [0.05, 0.1) is 6.20 Å². The maximum absolute atomic E-state index is 5.12. The number of aromatic nitrogens is 5. The van der Waals surface area contributed by atoms with E-state index in [0.717, 1.165) is 12.1 Å². The first-order valence-electron chi connectivity index (χ1n) is 7.60. The zero-order chi connectivity index (χ0) is 14.9. The molecule has 1 aromatic carbocycles. The van der Waals surface area contributed by atoms with Crippen molar-refractivity contribution >= 4 is 0 Å². The molecule has 3 aromatic rings. The van der Waals surface area contributed by atoms with Gasteiger partial charge < -0.3 is 4.52 Å². The van der Waals surface area contributed by atoms with Crippen molar-refractivity contribution in [1.29, 1.82) is 0 Å². The minimum atomic E-state index is 0.447. The van der Waals surface area contributed by atoms with Crippen LogP contribution < -0.4 is 0 Å². The summed E-state index contributed by atoms with van der Waals surface area (Å²) in [5.74, 6) is 1.18. The van der Waals surface area contributed by atoms with Crippen LogP contribution in [-0.2, 0) is 19.4 Å². The molecule has 6 nitrogen and oxygen atoms in total. The lowest BCUT2D eigenvalue weighted by Crippen LogP contribution is -2.04. The van der Waals surface area contributed by atoms with Crippen LogP contribution in [0.2, 0.25) is 0 Å². The van der Waals surface area contributed by atoms with Crippen LogP contribution in [0.25, 0.3) is 11.3 Å². The van der Waals surface area contributed by atoms with Gasteiger partial charge in [-0.1, -0.05) is 28.6 Å². The van der Waals surface area contributed by atoms with Crippen LogP contribution in [0.3, 0.4) is 0 Å². The lowest BCUT2D eigenvalue weighted by molar-refractivity contribution is 0.361. The number of hydrogen-bond acceptors (Lipinski definition) is 5. The Morgan fingerprint density at radius 2 is 2.14 bits per heavy atom. The SMILES string of the molecule is Cc1noc(Cn2cc(-c3cccc4c3CCCC4)nn2)n1. The Bertz CT molecular complexity index is 804. The summed E-state index contributed by atoms with van der Waals surface area (Å²) in [5, 5.41) is 12.3. The molecule has 0 spiro atoms. The second-order valence-corrected chi connectivity index (χ2v) is 5.69. The molecule has 6 heteroatoms. The Morgan fingerprint density at radius 3 is 3.00 bits per heavy atom. The van der Waals surface area contributed by atoms with Crippen molar-refractivity contribution in [3.05, 3.63) is 47.2 Å². The Hall–Kier alpha value is -2.50. The summed E-state index contributed by atoms with van der Waals surface area (Å²) in [4.78, 5) is 4.19. The van der Waals surface area contributed by atoms with Crippen molar-refractivity contribution in [3.8, 4) is 11.3 Å². The normalized spacial score (nSPS) is 14.0. The van der Waals surface area contributed by atoms with E-state index in [1.807, 2.05) is 6.20 Å². The molecule has 112 valence electrons. The van der Waals surface area contributed by atoms with Crippen molar-refractivity contribution in [2.45, 2.75) is 39.2 Å². The van der Waals surface area contributed by atoms with E-state index in [1.165, 1.54) is 36.0 Å². The Morgan fingerprint density at radius 1 is 1.23 bits per heavy atom. The topological polar surface area (TPSA) is 69.6 Å². The highest BCUT2D eigenvalue weighted by Gasteiger charge is 2.16. The van der Waals surface area contributed by atoms with Gasteiger partial charge >= 0.3 is 0 Å². The summed E-state index contributed by atoms with van der Waals surface area (Å²) in [6.45, 7) is 2.25. The summed E-state index contributed by atoms with van der Waals surface area (Å²) >= 11 is 0. The molecular weight excluding hydrogens is 278 g/mol. The van der Waals surface area contributed by atoms with E-state index >= 15 is 0 Å². The number of nitrogens with zero attached hydrogens (tertiary/aromatic N) is 5. The first-order chi connectivity index (χ1) is 10.8. The molecule has 2 aromatic heterocycles. The van der Waals surface area contributed by atoms with E-state index in [-0.39, 0.29) is 0 Å². The van der Waals surface area contributed by atoms with Crippen LogP contribution in [0.4, 0.5) is 0 Å². The van der Waals surface area contributed by atoms with Crippen LogP contribution in [0.5, 0.6) is 0 Å². The standard InChI is InChI=1S/C16H17N5O/c1-11-17-16(22-19-11)10-21-9-15(18-20-21)14-8-4-6-12-5-2-3-7-13(12)14/h4,6,8-9H,2-3,5,7,10H2,1H3. The summed E-state index contributed by atoms with van der Waals surface area (Å²) in [7, 11) is 0. The van der Waals surface area contributed by atoms with Gasteiger partial charge in [-0.3, -0.25) is 0 Å². The number of rotatable bonds is 3. The summed E-state index contributed by atoms with van der Waals surface area (Å²) in [6.07, 6.45) is 6.77. The molecule has 2 heterocycles.